The van der Waals surface area contributed by atoms with Gasteiger partial charge in [-0.1, -0.05) is 24.3 Å². The molecule has 0 radical (unpaired) electrons. The van der Waals surface area contributed by atoms with E-state index >= 15 is 0 Å². The number of hydrogen-bond donors (Lipinski definition) is 4. The second kappa shape index (κ2) is 15.3. The molecule has 0 aliphatic heterocycles. The third-order valence-electron chi connectivity index (χ3n) is 7.21. The molecular formula is C35H34N2O10. The standard InChI is InChI=1S/C35H34N2O10/c1-44-28-11-7-22(16-30(28)46-3)18-32(38)36-26-9-5-20(14-24(26)34(40)41)13-21-6-10-27(25(15-21)35(42)43)37-33(39)19-23-8-12-29(45-2)31(17-23)47-4/h5-12,14-17H,13,18-19H2,1-4H3,(H,36,38)(H,37,39)(H,40,41)(H,42,43). The average Bonchev–Trinajstić information content (AvgIpc) is 3.05. The number of methoxy groups -OCH3 is 4. The Labute approximate surface area is 270 Å². The fourth-order valence-corrected chi connectivity index (χ4v) is 4.95. The maximum absolute atomic E-state index is 12.8. The van der Waals surface area contributed by atoms with Crippen LogP contribution in [0.5, 0.6) is 23.0 Å². The summed E-state index contributed by atoms with van der Waals surface area (Å²) < 4.78 is 21.0. The van der Waals surface area contributed by atoms with E-state index in [0.29, 0.717) is 45.3 Å². The molecule has 4 aromatic carbocycles. The Kier molecular flexibility index (Phi) is 11.0. The number of carbonyl (C=O) groups is 4. The molecule has 0 aromatic heterocycles. The van der Waals surface area contributed by atoms with Crippen LogP contribution in [0.4, 0.5) is 11.4 Å². The summed E-state index contributed by atoms with van der Waals surface area (Å²) >= 11 is 0. The molecule has 47 heavy (non-hydrogen) atoms. The van der Waals surface area contributed by atoms with Crippen molar-refractivity contribution >= 4 is 35.1 Å². The fourth-order valence-electron chi connectivity index (χ4n) is 4.95. The lowest BCUT2D eigenvalue weighted by molar-refractivity contribution is -0.116. The Morgan fingerprint density at radius 2 is 0.872 bits per heavy atom. The van der Waals surface area contributed by atoms with Crippen molar-refractivity contribution in [2.75, 3.05) is 39.1 Å². The maximum Gasteiger partial charge on any atom is 0.337 e. The molecule has 12 nitrogen and oxygen atoms in total. The molecule has 4 aromatic rings. The van der Waals surface area contributed by atoms with Crippen LogP contribution in [0.25, 0.3) is 0 Å². The topological polar surface area (TPSA) is 170 Å². The van der Waals surface area contributed by atoms with E-state index in [0.717, 1.165) is 0 Å². The van der Waals surface area contributed by atoms with Crippen molar-refractivity contribution in [3.63, 3.8) is 0 Å². The number of nitrogens with one attached hydrogen (secondary N) is 2. The van der Waals surface area contributed by atoms with Crippen molar-refractivity contribution in [3.8, 4) is 23.0 Å². The number of hydrogen-bond acceptors (Lipinski definition) is 8. The molecule has 0 aliphatic rings. The lowest BCUT2D eigenvalue weighted by Crippen LogP contribution is -2.17. The molecule has 0 fully saturated rings. The normalized spacial score (nSPS) is 10.5. The van der Waals surface area contributed by atoms with Crippen LogP contribution >= 0.6 is 0 Å². The first-order chi connectivity index (χ1) is 22.5. The number of aromatic carboxylic acids is 2. The lowest BCUT2D eigenvalue weighted by Gasteiger charge is -2.13. The summed E-state index contributed by atoms with van der Waals surface area (Å²) in [4.78, 5) is 49.8. The molecule has 2 amide bonds. The van der Waals surface area contributed by atoms with Gasteiger partial charge >= 0.3 is 11.9 Å². The summed E-state index contributed by atoms with van der Waals surface area (Å²) in [5.41, 5.74) is 2.41. The van der Waals surface area contributed by atoms with Crippen LogP contribution in [0.1, 0.15) is 43.0 Å². The number of benzene rings is 4. The highest BCUT2D eigenvalue weighted by Crippen LogP contribution is 2.29. The molecule has 0 bridgehead atoms. The molecule has 0 saturated heterocycles. The van der Waals surface area contributed by atoms with E-state index in [4.69, 9.17) is 18.9 Å². The molecule has 244 valence electrons. The Bertz CT molecular complexity index is 1690. The van der Waals surface area contributed by atoms with Gasteiger partial charge in [-0.3, -0.25) is 9.59 Å². The molecule has 4 N–H and O–H groups in total. The Morgan fingerprint density at radius 1 is 0.511 bits per heavy atom. The van der Waals surface area contributed by atoms with Gasteiger partial charge in [0.05, 0.1) is 63.8 Å². The van der Waals surface area contributed by atoms with Crippen LogP contribution in [0, 0.1) is 0 Å². The largest absolute Gasteiger partial charge is 0.493 e. The van der Waals surface area contributed by atoms with E-state index in [-0.39, 0.29) is 41.8 Å². The predicted octanol–water partition coefficient (Wildman–Crippen LogP) is 5.07. The first kappa shape index (κ1) is 33.8. The predicted molar refractivity (Wildman–Crippen MR) is 173 cm³/mol. The van der Waals surface area contributed by atoms with Crippen molar-refractivity contribution < 1.29 is 48.3 Å². The van der Waals surface area contributed by atoms with Gasteiger partial charge in [0.1, 0.15) is 0 Å². The van der Waals surface area contributed by atoms with Gasteiger partial charge in [0.15, 0.2) is 23.0 Å². The number of carbonyl (C=O) groups excluding carboxylic acids is 2. The number of carboxylic acid groups (broad SMARTS) is 2. The van der Waals surface area contributed by atoms with Gasteiger partial charge in [0.2, 0.25) is 11.8 Å². The zero-order chi connectivity index (χ0) is 34.1. The van der Waals surface area contributed by atoms with Crippen LogP contribution in [-0.2, 0) is 28.9 Å². The van der Waals surface area contributed by atoms with Crippen molar-refractivity contribution in [2.24, 2.45) is 0 Å². The number of anilines is 2. The van der Waals surface area contributed by atoms with Gasteiger partial charge in [-0.15, -0.1) is 0 Å². The molecule has 12 heteroatoms. The quantitative estimate of drug-likeness (QED) is 0.146. The minimum atomic E-state index is -1.24. The van der Waals surface area contributed by atoms with E-state index in [9.17, 15) is 29.4 Å². The van der Waals surface area contributed by atoms with Gasteiger partial charge in [-0.2, -0.15) is 0 Å². The third-order valence-corrected chi connectivity index (χ3v) is 7.21. The number of rotatable bonds is 14. The van der Waals surface area contributed by atoms with E-state index in [1.807, 2.05) is 0 Å². The summed E-state index contributed by atoms with van der Waals surface area (Å²) in [7, 11) is 5.98. The third kappa shape index (κ3) is 8.57. The molecular weight excluding hydrogens is 608 g/mol. The van der Waals surface area contributed by atoms with E-state index in [1.54, 1.807) is 48.5 Å². The number of amides is 2. The molecule has 0 atom stereocenters. The summed E-state index contributed by atoms with van der Waals surface area (Å²) in [5, 5.41) is 25.0. The Balaban J connectivity index is 1.47. The van der Waals surface area contributed by atoms with Crippen molar-refractivity contribution in [1.82, 2.24) is 0 Å². The monoisotopic (exact) mass is 642 g/mol. The van der Waals surface area contributed by atoms with Gasteiger partial charge in [0, 0.05) is 0 Å². The molecule has 0 unspecified atom stereocenters. The Hall–Kier alpha value is -6.04. The SMILES string of the molecule is COc1ccc(CC(=O)Nc2ccc(Cc3ccc(NC(=O)Cc4ccc(OC)c(OC)c4)c(C(=O)O)c3)cc2C(=O)O)cc1OC. The summed E-state index contributed by atoms with van der Waals surface area (Å²) in [5.74, 6) is -1.39. The van der Waals surface area contributed by atoms with Gasteiger partial charge in [0.25, 0.3) is 0 Å². The summed E-state index contributed by atoms with van der Waals surface area (Å²) in [6, 6.07) is 19.2. The number of carboxylic acids is 2. The van der Waals surface area contributed by atoms with E-state index < -0.39 is 23.8 Å². The van der Waals surface area contributed by atoms with Crippen molar-refractivity contribution in [2.45, 2.75) is 19.3 Å². The van der Waals surface area contributed by atoms with Crippen LogP contribution in [0.3, 0.4) is 0 Å². The van der Waals surface area contributed by atoms with Crippen LogP contribution in [0.15, 0.2) is 72.8 Å². The maximum atomic E-state index is 12.8. The zero-order valence-electron chi connectivity index (χ0n) is 26.2. The van der Waals surface area contributed by atoms with Crippen LogP contribution in [0.2, 0.25) is 0 Å². The number of ether oxygens (including phenoxy) is 4. The van der Waals surface area contributed by atoms with E-state index in [1.165, 1.54) is 52.7 Å². The highest BCUT2D eigenvalue weighted by Gasteiger charge is 2.18. The Morgan fingerprint density at radius 3 is 1.21 bits per heavy atom. The second-order valence-corrected chi connectivity index (χ2v) is 10.4. The molecule has 0 spiro atoms. The average molecular weight is 643 g/mol. The highest BCUT2D eigenvalue weighted by molar-refractivity contribution is 6.02. The summed E-state index contributed by atoms with van der Waals surface area (Å²) in [6.07, 6.45) is 0.132. The fraction of sp³-hybridized carbons (Fsp3) is 0.200. The van der Waals surface area contributed by atoms with Crippen molar-refractivity contribution in [1.29, 1.82) is 0 Å². The first-order valence-corrected chi connectivity index (χ1v) is 14.3. The van der Waals surface area contributed by atoms with Crippen LogP contribution < -0.4 is 29.6 Å². The highest BCUT2D eigenvalue weighted by atomic mass is 16.5. The second-order valence-electron chi connectivity index (χ2n) is 10.4. The molecule has 4 rings (SSSR count). The molecule has 0 aliphatic carbocycles. The van der Waals surface area contributed by atoms with Gasteiger partial charge in [-0.05, 0) is 77.2 Å². The molecule has 0 saturated carbocycles. The van der Waals surface area contributed by atoms with Gasteiger partial charge in [-0.25, -0.2) is 9.59 Å². The lowest BCUT2D eigenvalue weighted by atomic mass is 9.99. The minimum Gasteiger partial charge on any atom is -0.493 e. The van der Waals surface area contributed by atoms with Crippen LogP contribution in [-0.4, -0.2) is 62.4 Å². The zero-order valence-corrected chi connectivity index (χ0v) is 26.2. The summed E-state index contributed by atoms with van der Waals surface area (Å²) in [6.45, 7) is 0. The first-order valence-electron chi connectivity index (χ1n) is 14.3. The molecule has 0 heterocycles. The minimum absolute atomic E-state index is 0.0314. The van der Waals surface area contributed by atoms with Gasteiger partial charge < -0.3 is 39.8 Å². The van der Waals surface area contributed by atoms with Crippen molar-refractivity contribution in [3.05, 3.63) is 106 Å². The smallest absolute Gasteiger partial charge is 0.337 e. The van der Waals surface area contributed by atoms with E-state index in [2.05, 4.69) is 10.6 Å².